The van der Waals surface area contributed by atoms with Crippen LogP contribution in [0.25, 0.3) is 0 Å². The van der Waals surface area contributed by atoms with E-state index in [1.165, 1.54) is 7.11 Å². The largest absolute Gasteiger partial charge is 0.479 e. The molecule has 2 aromatic rings. The van der Waals surface area contributed by atoms with Crippen molar-refractivity contribution in [1.82, 2.24) is 24.5 Å². The third-order valence-corrected chi connectivity index (χ3v) is 4.12. The van der Waals surface area contributed by atoms with E-state index in [9.17, 15) is 4.79 Å². The second-order valence-corrected chi connectivity index (χ2v) is 5.69. The Morgan fingerprint density at radius 2 is 2.18 bits per heavy atom. The van der Waals surface area contributed by atoms with Crippen LogP contribution in [0.2, 0.25) is 0 Å². The molecule has 7 heteroatoms. The molecule has 1 saturated heterocycles. The lowest BCUT2D eigenvalue weighted by molar-refractivity contribution is 0.0678. The SMILES string of the molecule is COc1nn(C)cc1C(=O)N1CCC(Cn2cccn2)CC1. The van der Waals surface area contributed by atoms with Crippen LogP contribution in [-0.2, 0) is 13.6 Å². The number of carbonyl (C=O) groups excluding carboxylic acids is 1. The molecular weight excluding hydrogens is 282 g/mol. The fourth-order valence-corrected chi connectivity index (χ4v) is 2.93. The summed E-state index contributed by atoms with van der Waals surface area (Å²) in [4.78, 5) is 14.5. The van der Waals surface area contributed by atoms with Crippen LogP contribution in [0.4, 0.5) is 0 Å². The van der Waals surface area contributed by atoms with Gasteiger partial charge in [0, 0.05) is 45.3 Å². The molecule has 7 nitrogen and oxygen atoms in total. The predicted molar refractivity (Wildman–Crippen MR) is 80.6 cm³/mol. The minimum Gasteiger partial charge on any atom is -0.479 e. The minimum absolute atomic E-state index is 0.00230. The van der Waals surface area contributed by atoms with Crippen LogP contribution in [-0.4, -0.2) is 50.6 Å². The van der Waals surface area contributed by atoms with E-state index in [1.807, 2.05) is 21.8 Å². The number of methoxy groups -OCH3 is 1. The Morgan fingerprint density at radius 1 is 1.41 bits per heavy atom. The van der Waals surface area contributed by atoms with Crippen LogP contribution < -0.4 is 4.74 Å². The molecule has 0 unspecified atom stereocenters. The van der Waals surface area contributed by atoms with Crippen LogP contribution in [0.15, 0.2) is 24.7 Å². The van der Waals surface area contributed by atoms with Crippen LogP contribution in [0, 0.1) is 5.92 Å². The molecule has 118 valence electrons. The summed E-state index contributed by atoms with van der Waals surface area (Å²) < 4.78 is 8.75. The smallest absolute Gasteiger partial charge is 0.260 e. The van der Waals surface area contributed by atoms with Crippen molar-refractivity contribution < 1.29 is 9.53 Å². The van der Waals surface area contributed by atoms with Gasteiger partial charge in [-0.3, -0.25) is 14.2 Å². The molecule has 3 rings (SSSR count). The lowest BCUT2D eigenvalue weighted by atomic mass is 9.96. The summed E-state index contributed by atoms with van der Waals surface area (Å²) in [5, 5.41) is 8.39. The van der Waals surface area contributed by atoms with Gasteiger partial charge in [0.15, 0.2) is 0 Å². The number of aryl methyl sites for hydroxylation is 1. The van der Waals surface area contributed by atoms with Crippen molar-refractivity contribution in [2.24, 2.45) is 13.0 Å². The number of amides is 1. The average molecular weight is 303 g/mol. The van der Waals surface area contributed by atoms with E-state index in [-0.39, 0.29) is 5.91 Å². The van der Waals surface area contributed by atoms with E-state index < -0.39 is 0 Å². The maximum Gasteiger partial charge on any atom is 0.260 e. The normalized spacial score (nSPS) is 16.0. The number of piperidine rings is 1. The summed E-state index contributed by atoms with van der Waals surface area (Å²) in [6.07, 6.45) is 7.49. The fourth-order valence-electron chi connectivity index (χ4n) is 2.93. The van der Waals surface area contributed by atoms with Crippen LogP contribution in [0.3, 0.4) is 0 Å². The number of hydrogen-bond donors (Lipinski definition) is 0. The van der Waals surface area contributed by atoms with Crippen LogP contribution >= 0.6 is 0 Å². The van der Waals surface area contributed by atoms with Crippen molar-refractivity contribution in [2.45, 2.75) is 19.4 Å². The molecule has 0 radical (unpaired) electrons. The number of nitrogens with zero attached hydrogens (tertiary/aromatic N) is 5. The topological polar surface area (TPSA) is 65.2 Å². The zero-order chi connectivity index (χ0) is 15.5. The first kappa shape index (κ1) is 14.6. The Hall–Kier alpha value is -2.31. The van der Waals surface area contributed by atoms with Crippen molar-refractivity contribution in [1.29, 1.82) is 0 Å². The third-order valence-electron chi connectivity index (χ3n) is 4.12. The zero-order valence-electron chi connectivity index (χ0n) is 13.0. The molecule has 0 aromatic carbocycles. The highest BCUT2D eigenvalue weighted by Gasteiger charge is 2.27. The van der Waals surface area contributed by atoms with E-state index in [4.69, 9.17) is 4.74 Å². The lowest BCUT2D eigenvalue weighted by Gasteiger charge is -2.31. The molecule has 2 aromatic heterocycles. The molecule has 0 atom stereocenters. The Kier molecular flexibility index (Phi) is 4.13. The molecule has 0 bridgehead atoms. The van der Waals surface area contributed by atoms with Gasteiger partial charge in [-0.1, -0.05) is 0 Å². The Bertz CT molecular complexity index is 626. The summed E-state index contributed by atoms with van der Waals surface area (Å²) >= 11 is 0. The third kappa shape index (κ3) is 2.98. The van der Waals surface area contributed by atoms with Gasteiger partial charge in [0.1, 0.15) is 5.56 Å². The van der Waals surface area contributed by atoms with Crippen LogP contribution in [0.1, 0.15) is 23.2 Å². The van der Waals surface area contributed by atoms with Gasteiger partial charge in [-0.25, -0.2) is 0 Å². The summed E-state index contributed by atoms with van der Waals surface area (Å²) in [5.41, 5.74) is 0.538. The first-order valence-corrected chi connectivity index (χ1v) is 7.51. The molecule has 22 heavy (non-hydrogen) atoms. The monoisotopic (exact) mass is 303 g/mol. The predicted octanol–water partition coefficient (Wildman–Crippen LogP) is 1.18. The standard InChI is InChI=1S/C15H21N5O2/c1-18-11-13(14(17-18)22-2)15(21)19-8-4-12(5-9-19)10-20-7-3-6-16-20/h3,6-7,11-12H,4-5,8-10H2,1-2H3. The molecule has 0 saturated carbocycles. The Balaban J connectivity index is 1.59. The fraction of sp³-hybridized carbons (Fsp3) is 0.533. The van der Waals surface area contributed by atoms with Gasteiger partial charge in [0.05, 0.1) is 7.11 Å². The zero-order valence-corrected chi connectivity index (χ0v) is 13.0. The Labute approximate surface area is 129 Å². The number of carbonyl (C=O) groups is 1. The van der Waals surface area contributed by atoms with E-state index in [0.29, 0.717) is 17.4 Å². The number of hydrogen-bond acceptors (Lipinski definition) is 4. The molecule has 1 aliphatic heterocycles. The summed E-state index contributed by atoms with van der Waals surface area (Å²) in [6, 6.07) is 1.94. The molecule has 1 fully saturated rings. The van der Waals surface area contributed by atoms with Crippen molar-refractivity contribution >= 4 is 5.91 Å². The lowest BCUT2D eigenvalue weighted by Crippen LogP contribution is -2.39. The summed E-state index contributed by atoms with van der Waals surface area (Å²) in [7, 11) is 3.32. The first-order valence-electron chi connectivity index (χ1n) is 7.51. The molecular formula is C15H21N5O2. The van der Waals surface area contributed by atoms with E-state index in [1.54, 1.807) is 24.1 Å². The second kappa shape index (κ2) is 6.21. The van der Waals surface area contributed by atoms with Crippen molar-refractivity contribution in [3.05, 3.63) is 30.2 Å². The van der Waals surface area contributed by atoms with Crippen LogP contribution in [0.5, 0.6) is 5.88 Å². The molecule has 1 amide bonds. The van der Waals surface area contributed by atoms with Gasteiger partial charge in [0.2, 0.25) is 5.88 Å². The highest BCUT2D eigenvalue weighted by atomic mass is 16.5. The summed E-state index contributed by atoms with van der Waals surface area (Å²) in [6.45, 7) is 2.46. The number of rotatable bonds is 4. The maximum absolute atomic E-state index is 12.6. The highest BCUT2D eigenvalue weighted by molar-refractivity contribution is 5.96. The molecule has 0 N–H and O–H groups in total. The average Bonchev–Trinajstić information content (AvgIpc) is 3.16. The van der Waals surface area contributed by atoms with E-state index in [2.05, 4.69) is 10.2 Å². The highest BCUT2D eigenvalue weighted by Crippen LogP contribution is 2.23. The van der Waals surface area contributed by atoms with E-state index >= 15 is 0 Å². The minimum atomic E-state index is 0.00230. The van der Waals surface area contributed by atoms with Gasteiger partial charge < -0.3 is 9.64 Å². The van der Waals surface area contributed by atoms with Gasteiger partial charge in [-0.05, 0) is 24.8 Å². The van der Waals surface area contributed by atoms with Gasteiger partial charge in [-0.15, -0.1) is 5.10 Å². The van der Waals surface area contributed by atoms with Crippen molar-refractivity contribution in [3.8, 4) is 5.88 Å². The van der Waals surface area contributed by atoms with Gasteiger partial charge >= 0.3 is 0 Å². The number of ether oxygens (including phenoxy) is 1. The maximum atomic E-state index is 12.6. The molecule has 3 heterocycles. The number of aromatic nitrogens is 4. The summed E-state index contributed by atoms with van der Waals surface area (Å²) in [5.74, 6) is 0.966. The second-order valence-electron chi connectivity index (χ2n) is 5.69. The van der Waals surface area contributed by atoms with Gasteiger partial charge in [0.25, 0.3) is 5.91 Å². The molecule has 0 aliphatic carbocycles. The van der Waals surface area contributed by atoms with Crippen molar-refractivity contribution in [3.63, 3.8) is 0 Å². The van der Waals surface area contributed by atoms with E-state index in [0.717, 1.165) is 32.5 Å². The first-order chi connectivity index (χ1) is 10.7. The molecule has 0 spiro atoms. The van der Waals surface area contributed by atoms with Crippen molar-refractivity contribution in [2.75, 3.05) is 20.2 Å². The quantitative estimate of drug-likeness (QED) is 0.850. The van der Waals surface area contributed by atoms with Gasteiger partial charge in [-0.2, -0.15) is 5.10 Å². The number of likely N-dealkylation sites (tertiary alicyclic amines) is 1. The Morgan fingerprint density at radius 3 is 2.82 bits per heavy atom. The molecule has 1 aliphatic rings.